The summed E-state index contributed by atoms with van der Waals surface area (Å²) < 4.78 is 39.4. The van der Waals surface area contributed by atoms with Gasteiger partial charge in [0, 0.05) is 31.9 Å². The Morgan fingerprint density at radius 1 is 1.26 bits per heavy atom. The summed E-state index contributed by atoms with van der Waals surface area (Å²) >= 11 is 2.47. The second-order valence-corrected chi connectivity index (χ2v) is 7.99. The van der Waals surface area contributed by atoms with E-state index in [0.29, 0.717) is 35.7 Å². The van der Waals surface area contributed by atoms with E-state index in [2.05, 4.69) is 20.2 Å². The predicted molar refractivity (Wildman–Crippen MR) is 95.6 cm³/mol. The largest absolute Gasteiger partial charge is 0.433 e. The minimum Gasteiger partial charge on any atom is -0.374 e. The first kappa shape index (κ1) is 19.6. The highest BCUT2D eigenvalue weighted by Gasteiger charge is 2.34. The van der Waals surface area contributed by atoms with Crippen LogP contribution >= 0.6 is 23.1 Å². The number of rotatable bonds is 4. The van der Waals surface area contributed by atoms with E-state index in [1.165, 1.54) is 30.0 Å². The van der Waals surface area contributed by atoms with Crippen LogP contribution in [0.2, 0.25) is 0 Å². The smallest absolute Gasteiger partial charge is 0.374 e. The molecule has 1 amide bonds. The van der Waals surface area contributed by atoms with Crippen LogP contribution in [0.25, 0.3) is 0 Å². The number of nitrogen functional groups attached to an aromatic ring is 1. The number of amides is 1. The van der Waals surface area contributed by atoms with Crippen molar-refractivity contribution in [2.24, 2.45) is 0 Å². The Hall–Kier alpha value is -2.15. The number of nitrogens with zero attached hydrogens (tertiary/aromatic N) is 6. The number of thioether (sulfide) groups is 1. The van der Waals surface area contributed by atoms with Crippen LogP contribution in [-0.4, -0.2) is 62.9 Å². The summed E-state index contributed by atoms with van der Waals surface area (Å²) in [5.41, 5.74) is 4.78. The Balaban J connectivity index is 1.57. The zero-order chi connectivity index (χ0) is 19.6. The van der Waals surface area contributed by atoms with Crippen molar-refractivity contribution in [3.63, 3.8) is 0 Å². The van der Waals surface area contributed by atoms with Gasteiger partial charge in [-0.1, -0.05) is 23.1 Å². The molecule has 0 aliphatic carbocycles. The molecule has 27 heavy (non-hydrogen) atoms. The minimum atomic E-state index is -4.52. The van der Waals surface area contributed by atoms with Crippen molar-refractivity contribution in [3.8, 4) is 0 Å². The maximum absolute atomic E-state index is 12.9. The van der Waals surface area contributed by atoms with E-state index in [4.69, 9.17) is 5.73 Å². The SMILES string of the molecule is Cc1cc(C(F)(F)F)nc(N2CCN(C(=O)CSc3nnc(N)s3)CC2)n1. The quantitative estimate of drug-likeness (QED) is 0.747. The molecule has 3 heterocycles. The van der Waals surface area contributed by atoms with Crippen molar-refractivity contribution < 1.29 is 18.0 Å². The van der Waals surface area contributed by atoms with Crippen LogP contribution < -0.4 is 10.6 Å². The van der Waals surface area contributed by atoms with Gasteiger partial charge in [0.1, 0.15) is 5.69 Å². The van der Waals surface area contributed by atoms with Gasteiger partial charge in [0.05, 0.1) is 5.75 Å². The van der Waals surface area contributed by atoms with E-state index in [1.54, 1.807) is 9.80 Å². The predicted octanol–water partition coefficient (Wildman–Crippen LogP) is 1.68. The average Bonchev–Trinajstić information content (AvgIpc) is 3.04. The number of piperazine rings is 1. The molecular formula is C14H16F3N7OS2. The minimum absolute atomic E-state index is 0.0353. The number of anilines is 2. The van der Waals surface area contributed by atoms with Gasteiger partial charge < -0.3 is 15.5 Å². The normalized spacial score (nSPS) is 15.3. The fourth-order valence-electron chi connectivity index (χ4n) is 2.49. The molecule has 1 fully saturated rings. The molecule has 8 nitrogen and oxygen atoms in total. The number of carbonyl (C=O) groups excluding carboxylic acids is 1. The molecule has 1 saturated heterocycles. The van der Waals surface area contributed by atoms with E-state index in [1.807, 2.05) is 0 Å². The summed E-state index contributed by atoms with van der Waals surface area (Å²) in [7, 11) is 0. The van der Waals surface area contributed by atoms with Gasteiger partial charge in [0.2, 0.25) is 17.0 Å². The number of nitrogens with two attached hydrogens (primary N) is 1. The van der Waals surface area contributed by atoms with Crippen LogP contribution in [0, 0.1) is 6.92 Å². The summed E-state index contributed by atoms with van der Waals surface area (Å²) in [6, 6.07) is 0.917. The monoisotopic (exact) mass is 419 g/mol. The molecule has 0 aromatic carbocycles. The Morgan fingerprint density at radius 3 is 2.56 bits per heavy atom. The zero-order valence-corrected chi connectivity index (χ0v) is 15.9. The van der Waals surface area contributed by atoms with Crippen molar-refractivity contribution in [2.45, 2.75) is 17.4 Å². The molecule has 1 aliphatic rings. The first-order chi connectivity index (χ1) is 12.7. The molecule has 1 aliphatic heterocycles. The second-order valence-electron chi connectivity index (χ2n) is 5.76. The van der Waals surface area contributed by atoms with Gasteiger partial charge in [0.15, 0.2) is 4.34 Å². The fourth-order valence-corrected chi connectivity index (χ4v) is 4.03. The lowest BCUT2D eigenvalue weighted by atomic mass is 10.3. The first-order valence-electron chi connectivity index (χ1n) is 7.90. The van der Waals surface area contributed by atoms with E-state index in [-0.39, 0.29) is 23.3 Å². The van der Waals surface area contributed by atoms with Gasteiger partial charge in [-0.3, -0.25) is 4.79 Å². The maximum Gasteiger partial charge on any atom is 0.433 e. The summed E-state index contributed by atoms with van der Waals surface area (Å²) in [6.07, 6.45) is -4.52. The number of alkyl halides is 3. The third-order valence-corrected chi connectivity index (χ3v) is 5.66. The Bertz CT molecular complexity index is 821. The highest BCUT2D eigenvalue weighted by atomic mass is 32.2. The number of hydrogen-bond donors (Lipinski definition) is 1. The molecule has 0 atom stereocenters. The molecule has 13 heteroatoms. The topological polar surface area (TPSA) is 101 Å². The second kappa shape index (κ2) is 7.84. The third kappa shape index (κ3) is 4.97. The van der Waals surface area contributed by atoms with Crippen molar-refractivity contribution in [3.05, 3.63) is 17.5 Å². The van der Waals surface area contributed by atoms with Crippen LogP contribution in [0.3, 0.4) is 0 Å². The number of aryl methyl sites for hydroxylation is 1. The van der Waals surface area contributed by atoms with Gasteiger partial charge in [-0.2, -0.15) is 13.2 Å². The molecule has 0 radical (unpaired) electrons. The summed E-state index contributed by atoms with van der Waals surface area (Å²) in [4.78, 5) is 23.3. The molecule has 146 valence electrons. The number of aromatic nitrogens is 4. The molecule has 2 N–H and O–H groups in total. The van der Waals surface area contributed by atoms with Gasteiger partial charge in [-0.25, -0.2) is 9.97 Å². The Labute approximate surface area is 161 Å². The summed E-state index contributed by atoms with van der Waals surface area (Å²) in [5, 5.41) is 7.86. The Kier molecular flexibility index (Phi) is 5.69. The van der Waals surface area contributed by atoms with Gasteiger partial charge in [-0.05, 0) is 13.0 Å². The lowest BCUT2D eigenvalue weighted by Gasteiger charge is -2.35. The highest BCUT2D eigenvalue weighted by molar-refractivity contribution is 8.01. The van der Waals surface area contributed by atoms with Gasteiger partial charge in [-0.15, -0.1) is 10.2 Å². The average molecular weight is 419 g/mol. The third-order valence-electron chi connectivity index (χ3n) is 3.79. The molecule has 0 spiro atoms. The highest BCUT2D eigenvalue weighted by Crippen LogP contribution is 2.29. The van der Waals surface area contributed by atoms with Crippen LogP contribution in [0.1, 0.15) is 11.4 Å². The van der Waals surface area contributed by atoms with Crippen LogP contribution in [0.5, 0.6) is 0 Å². The first-order valence-corrected chi connectivity index (χ1v) is 9.70. The molecular weight excluding hydrogens is 403 g/mol. The summed E-state index contributed by atoms with van der Waals surface area (Å²) in [6.45, 7) is 3.00. The van der Waals surface area contributed by atoms with Crippen molar-refractivity contribution >= 4 is 40.1 Å². The summed E-state index contributed by atoms with van der Waals surface area (Å²) in [5.74, 6) is 0.163. The van der Waals surface area contributed by atoms with Crippen molar-refractivity contribution in [1.82, 2.24) is 25.1 Å². The van der Waals surface area contributed by atoms with Crippen LogP contribution in [0.4, 0.5) is 24.3 Å². The molecule has 0 unspecified atom stereocenters. The molecule has 3 rings (SSSR count). The molecule has 2 aromatic rings. The van der Waals surface area contributed by atoms with E-state index >= 15 is 0 Å². The van der Waals surface area contributed by atoms with Gasteiger partial charge in [0.25, 0.3) is 0 Å². The molecule has 0 bridgehead atoms. The van der Waals surface area contributed by atoms with E-state index in [9.17, 15) is 18.0 Å². The van der Waals surface area contributed by atoms with Crippen LogP contribution in [0.15, 0.2) is 10.4 Å². The number of carbonyl (C=O) groups is 1. The number of hydrogen-bond acceptors (Lipinski definition) is 9. The lowest BCUT2D eigenvalue weighted by Crippen LogP contribution is -2.50. The van der Waals surface area contributed by atoms with Crippen molar-refractivity contribution in [1.29, 1.82) is 0 Å². The standard InChI is InChI=1S/C14H16F3N7OS2/c1-8-6-9(14(15,16)17)20-12(19-8)24-4-2-23(3-5-24)10(25)7-26-13-22-21-11(18)27-13/h6H,2-5,7H2,1H3,(H2,18,21). The Morgan fingerprint density at radius 2 is 1.96 bits per heavy atom. The van der Waals surface area contributed by atoms with E-state index in [0.717, 1.165) is 6.07 Å². The van der Waals surface area contributed by atoms with Crippen molar-refractivity contribution in [2.75, 3.05) is 42.6 Å². The van der Waals surface area contributed by atoms with Gasteiger partial charge >= 0.3 is 6.18 Å². The zero-order valence-electron chi connectivity index (χ0n) is 14.2. The van der Waals surface area contributed by atoms with Crippen LogP contribution in [-0.2, 0) is 11.0 Å². The maximum atomic E-state index is 12.9. The lowest BCUT2D eigenvalue weighted by molar-refractivity contribution is -0.141. The molecule has 2 aromatic heterocycles. The van der Waals surface area contributed by atoms with E-state index < -0.39 is 11.9 Å². The molecule has 0 saturated carbocycles. The number of halogens is 3. The fraction of sp³-hybridized carbons (Fsp3) is 0.500.